The maximum atomic E-state index is 13.7. The molecule has 0 saturated heterocycles. The molecule has 32 heavy (non-hydrogen) atoms. The van der Waals surface area contributed by atoms with Gasteiger partial charge in [-0.15, -0.1) is 11.3 Å². The van der Waals surface area contributed by atoms with Crippen LogP contribution in [-0.4, -0.2) is 22.6 Å². The van der Waals surface area contributed by atoms with E-state index >= 15 is 0 Å². The molecule has 2 aromatic carbocycles. The summed E-state index contributed by atoms with van der Waals surface area (Å²) in [5, 5.41) is 12.8. The predicted molar refractivity (Wildman–Crippen MR) is 122 cm³/mol. The van der Waals surface area contributed by atoms with Gasteiger partial charge in [0.1, 0.15) is 5.58 Å². The van der Waals surface area contributed by atoms with Crippen molar-refractivity contribution in [2.75, 3.05) is 11.5 Å². The number of aromatic hydroxyl groups is 1. The van der Waals surface area contributed by atoms with Crippen molar-refractivity contribution >= 4 is 33.3 Å². The normalized spacial score (nSPS) is 15.4. The van der Waals surface area contributed by atoms with Crippen LogP contribution in [0, 0.1) is 13.8 Å². The van der Waals surface area contributed by atoms with Gasteiger partial charge in [-0.05, 0) is 61.7 Å². The van der Waals surface area contributed by atoms with E-state index in [0.717, 1.165) is 11.1 Å². The quantitative estimate of drug-likeness (QED) is 0.486. The van der Waals surface area contributed by atoms with Gasteiger partial charge >= 0.3 is 0 Å². The Morgan fingerprint density at radius 3 is 2.69 bits per heavy atom. The van der Waals surface area contributed by atoms with Crippen LogP contribution in [-0.2, 0) is 0 Å². The topological polar surface area (TPSA) is 92.9 Å². The van der Waals surface area contributed by atoms with Crippen LogP contribution in [0.2, 0.25) is 0 Å². The second-order valence-electron chi connectivity index (χ2n) is 7.66. The Bertz CT molecular complexity index is 1420. The summed E-state index contributed by atoms with van der Waals surface area (Å²) in [4.78, 5) is 32.9. The number of fused-ring (bicyclic) bond motifs is 2. The standard InChI is InChI=1S/C24H20N2O5S/c1-4-30-18-11-14(5-6-16(18)27)20-19-21(28)15-9-12(2)13(3)10-17(15)31-22(19)23(29)26(20)24-25-7-8-32-24/h5-11,20,27H,4H2,1-3H3. The summed E-state index contributed by atoms with van der Waals surface area (Å²) in [6.45, 7) is 6.03. The van der Waals surface area contributed by atoms with Crippen molar-refractivity contribution in [3.8, 4) is 11.5 Å². The number of carbonyl (C=O) groups is 1. The lowest BCUT2D eigenvalue weighted by molar-refractivity contribution is 0.0971. The fourth-order valence-electron chi connectivity index (χ4n) is 4.05. The Balaban J connectivity index is 1.81. The molecule has 7 nitrogen and oxygen atoms in total. The number of anilines is 1. The lowest BCUT2D eigenvalue weighted by Crippen LogP contribution is -2.29. The fraction of sp³-hybridized carbons (Fsp3) is 0.208. The zero-order valence-electron chi connectivity index (χ0n) is 17.7. The van der Waals surface area contributed by atoms with Gasteiger partial charge in [0, 0.05) is 11.6 Å². The molecule has 1 N–H and O–H groups in total. The molecule has 0 radical (unpaired) electrons. The van der Waals surface area contributed by atoms with Crippen molar-refractivity contribution < 1.29 is 19.1 Å². The summed E-state index contributed by atoms with van der Waals surface area (Å²) >= 11 is 1.30. The lowest BCUT2D eigenvalue weighted by atomic mass is 9.97. The highest BCUT2D eigenvalue weighted by Crippen LogP contribution is 2.43. The van der Waals surface area contributed by atoms with Crippen LogP contribution in [0.4, 0.5) is 5.13 Å². The van der Waals surface area contributed by atoms with Crippen LogP contribution in [0.5, 0.6) is 11.5 Å². The number of thiazole rings is 1. The van der Waals surface area contributed by atoms with E-state index in [0.29, 0.717) is 28.3 Å². The lowest BCUT2D eigenvalue weighted by Gasteiger charge is -2.23. The van der Waals surface area contributed by atoms with Gasteiger partial charge in [0.05, 0.1) is 23.6 Å². The van der Waals surface area contributed by atoms with Crippen LogP contribution in [0.1, 0.15) is 45.8 Å². The van der Waals surface area contributed by atoms with Crippen molar-refractivity contribution in [1.29, 1.82) is 0 Å². The summed E-state index contributed by atoms with van der Waals surface area (Å²) < 4.78 is 11.6. The molecule has 1 atom stereocenters. The molecule has 0 fully saturated rings. The molecule has 0 aliphatic carbocycles. The largest absolute Gasteiger partial charge is 0.504 e. The monoisotopic (exact) mass is 448 g/mol. The minimum absolute atomic E-state index is 0.0111. The number of hydrogen-bond donors (Lipinski definition) is 1. The maximum absolute atomic E-state index is 13.7. The summed E-state index contributed by atoms with van der Waals surface area (Å²) in [6, 6.07) is 7.65. The van der Waals surface area contributed by atoms with E-state index in [1.165, 1.54) is 22.3 Å². The number of benzene rings is 2. The Kier molecular flexibility index (Phi) is 4.74. The molecule has 0 saturated carbocycles. The minimum Gasteiger partial charge on any atom is -0.504 e. The van der Waals surface area contributed by atoms with E-state index in [-0.39, 0.29) is 28.3 Å². The Morgan fingerprint density at radius 1 is 1.19 bits per heavy atom. The van der Waals surface area contributed by atoms with Gasteiger partial charge in [-0.1, -0.05) is 6.07 Å². The van der Waals surface area contributed by atoms with Gasteiger partial charge in [0.2, 0.25) is 5.76 Å². The van der Waals surface area contributed by atoms with E-state index < -0.39 is 11.9 Å². The number of nitrogens with zero attached hydrogens (tertiary/aromatic N) is 2. The minimum atomic E-state index is -0.759. The zero-order chi connectivity index (χ0) is 22.6. The first-order valence-electron chi connectivity index (χ1n) is 10.2. The van der Waals surface area contributed by atoms with Gasteiger partial charge in [0.25, 0.3) is 5.91 Å². The summed E-state index contributed by atoms with van der Waals surface area (Å²) in [5.74, 6) is -0.153. The number of aryl methyl sites for hydroxylation is 2. The van der Waals surface area contributed by atoms with Crippen LogP contribution in [0.3, 0.4) is 0 Å². The smallest absolute Gasteiger partial charge is 0.297 e. The first kappa shape index (κ1) is 20.3. The summed E-state index contributed by atoms with van der Waals surface area (Å²) in [6.07, 6.45) is 1.61. The highest BCUT2D eigenvalue weighted by atomic mass is 32.1. The Morgan fingerprint density at radius 2 is 1.97 bits per heavy atom. The third-order valence-corrected chi connectivity index (χ3v) is 6.48. The summed E-state index contributed by atoms with van der Waals surface area (Å²) in [5.41, 5.74) is 2.93. The van der Waals surface area contributed by atoms with E-state index in [2.05, 4.69) is 4.98 Å². The molecule has 162 valence electrons. The van der Waals surface area contributed by atoms with Gasteiger partial charge < -0.3 is 14.3 Å². The first-order valence-corrected chi connectivity index (χ1v) is 11.1. The number of amides is 1. The molecule has 8 heteroatoms. The molecule has 0 bridgehead atoms. The highest BCUT2D eigenvalue weighted by Gasteiger charge is 2.45. The maximum Gasteiger partial charge on any atom is 0.297 e. The van der Waals surface area contributed by atoms with E-state index in [4.69, 9.17) is 9.15 Å². The average molecular weight is 449 g/mol. The van der Waals surface area contributed by atoms with E-state index in [1.54, 1.807) is 35.8 Å². The van der Waals surface area contributed by atoms with Crippen LogP contribution < -0.4 is 15.1 Å². The number of hydrogen-bond acceptors (Lipinski definition) is 7. The van der Waals surface area contributed by atoms with Crippen LogP contribution in [0.15, 0.2) is 51.1 Å². The molecule has 0 spiro atoms. The molecule has 4 aromatic rings. The van der Waals surface area contributed by atoms with Crippen molar-refractivity contribution in [2.45, 2.75) is 26.8 Å². The zero-order valence-corrected chi connectivity index (χ0v) is 18.5. The fourth-order valence-corrected chi connectivity index (χ4v) is 4.71. The average Bonchev–Trinajstić information content (AvgIpc) is 3.38. The third-order valence-electron chi connectivity index (χ3n) is 5.71. The SMILES string of the molecule is CCOc1cc(C2c3c(oc4cc(C)c(C)cc4c3=O)C(=O)N2c2nccs2)ccc1O. The second-order valence-corrected chi connectivity index (χ2v) is 8.53. The van der Waals surface area contributed by atoms with Gasteiger partial charge in [-0.3, -0.25) is 14.5 Å². The van der Waals surface area contributed by atoms with Gasteiger partial charge in [-0.25, -0.2) is 4.98 Å². The van der Waals surface area contributed by atoms with E-state index in [1.807, 2.05) is 20.8 Å². The van der Waals surface area contributed by atoms with Crippen molar-refractivity contribution in [3.63, 3.8) is 0 Å². The van der Waals surface area contributed by atoms with Gasteiger partial charge in [-0.2, -0.15) is 0 Å². The van der Waals surface area contributed by atoms with Crippen molar-refractivity contribution in [3.05, 3.63) is 80.1 Å². The van der Waals surface area contributed by atoms with Crippen molar-refractivity contribution in [1.82, 2.24) is 4.98 Å². The van der Waals surface area contributed by atoms with Crippen molar-refractivity contribution in [2.24, 2.45) is 0 Å². The highest BCUT2D eigenvalue weighted by molar-refractivity contribution is 7.13. The third kappa shape index (κ3) is 2.98. The van der Waals surface area contributed by atoms with Crippen LogP contribution in [0.25, 0.3) is 11.0 Å². The Labute approximate surface area is 187 Å². The molecule has 5 rings (SSSR count). The summed E-state index contributed by atoms with van der Waals surface area (Å²) in [7, 11) is 0. The number of aromatic nitrogens is 1. The number of phenols is 1. The molecule has 1 aliphatic rings. The molecule has 1 aliphatic heterocycles. The number of phenolic OH excluding ortho intramolecular Hbond substituents is 1. The molecular weight excluding hydrogens is 428 g/mol. The Hall–Kier alpha value is -3.65. The number of carbonyl (C=O) groups excluding carboxylic acids is 1. The first-order chi connectivity index (χ1) is 15.4. The molecule has 1 amide bonds. The number of rotatable bonds is 4. The molecule has 1 unspecified atom stereocenters. The van der Waals surface area contributed by atoms with Crippen LogP contribution >= 0.6 is 11.3 Å². The molecule has 3 heterocycles. The van der Waals surface area contributed by atoms with Gasteiger partial charge in [0.15, 0.2) is 22.1 Å². The van der Waals surface area contributed by atoms with E-state index in [9.17, 15) is 14.7 Å². The molecule has 2 aromatic heterocycles. The number of ether oxygens (including phenoxy) is 1. The molecular formula is C24H20N2O5S. The predicted octanol–water partition coefficient (Wildman–Crippen LogP) is 4.72. The second kappa shape index (κ2) is 7.49.